The molecule has 5 nitrogen and oxygen atoms in total. The molecule has 0 radical (unpaired) electrons. The van der Waals surface area contributed by atoms with Crippen LogP contribution in [0.2, 0.25) is 0 Å². The molecule has 0 fully saturated rings. The Morgan fingerprint density at radius 2 is 2.50 bits per heavy atom. The van der Waals surface area contributed by atoms with Crippen LogP contribution in [-0.4, -0.2) is 21.0 Å². The molecule has 0 bridgehead atoms. The Bertz CT molecular complexity index is 490. The highest BCUT2D eigenvalue weighted by Crippen LogP contribution is 2.22. The monoisotopic (exact) mass is 238 g/mol. The fourth-order valence-corrected chi connectivity index (χ4v) is 2.00. The van der Waals surface area contributed by atoms with Crippen LogP contribution in [0.3, 0.4) is 0 Å². The molecule has 0 saturated carbocycles. The molecule has 0 aliphatic heterocycles. The first kappa shape index (κ1) is 10.8. The predicted molar refractivity (Wildman–Crippen MR) is 58.6 cm³/mol. The number of hydrogen-bond donors (Lipinski definition) is 2. The molecule has 0 aliphatic carbocycles. The van der Waals surface area contributed by atoms with Gasteiger partial charge in [-0.25, -0.2) is 9.78 Å². The number of carboxylic acids is 1. The summed E-state index contributed by atoms with van der Waals surface area (Å²) in [7, 11) is 0. The molecule has 2 aromatic rings. The molecular weight excluding hydrogens is 228 g/mol. The zero-order valence-electron chi connectivity index (χ0n) is 8.56. The van der Waals surface area contributed by atoms with E-state index in [0.29, 0.717) is 17.3 Å². The average Bonchev–Trinajstić information content (AvgIpc) is 2.83. The van der Waals surface area contributed by atoms with Crippen LogP contribution in [0.1, 0.15) is 21.9 Å². The van der Waals surface area contributed by atoms with Crippen molar-refractivity contribution in [2.45, 2.75) is 17.8 Å². The summed E-state index contributed by atoms with van der Waals surface area (Å²) in [5.41, 5.74) is 0.218. The van der Waals surface area contributed by atoms with Crippen LogP contribution in [0.15, 0.2) is 28.0 Å². The van der Waals surface area contributed by atoms with E-state index in [1.807, 2.05) is 0 Å². The molecule has 0 amide bonds. The largest absolute Gasteiger partial charge is 0.478 e. The van der Waals surface area contributed by atoms with Crippen LogP contribution >= 0.6 is 11.8 Å². The number of carboxylic acid groups (broad SMARTS) is 1. The first-order valence-corrected chi connectivity index (χ1v) is 5.60. The third-order valence-corrected chi connectivity index (χ3v) is 2.95. The number of furan rings is 1. The molecule has 2 rings (SSSR count). The standard InChI is InChI=1S/C10H10N2O3S/c1-6-8(9(13)14)4-7(15-6)5-16-10-11-2-3-12-10/h2-4H,5H2,1H3,(H,11,12)(H,13,14). The summed E-state index contributed by atoms with van der Waals surface area (Å²) in [5.74, 6) is 0.663. The van der Waals surface area contributed by atoms with Crippen LogP contribution in [0.5, 0.6) is 0 Å². The first-order valence-electron chi connectivity index (χ1n) is 4.61. The SMILES string of the molecule is Cc1oc(CSc2ncc[nH]2)cc1C(=O)O. The van der Waals surface area contributed by atoms with Crippen LogP contribution in [0, 0.1) is 6.92 Å². The van der Waals surface area contributed by atoms with Gasteiger partial charge < -0.3 is 14.5 Å². The number of thioether (sulfide) groups is 1. The summed E-state index contributed by atoms with van der Waals surface area (Å²) in [6, 6.07) is 1.55. The molecule has 84 valence electrons. The number of H-pyrrole nitrogens is 1. The molecule has 2 N–H and O–H groups in total. The van der Waals surface area contributed by atoms with Crippen molar-refractivity contribution in [1.29, 1.82) is 0 Å². The fraction of sp³-hybridized carbons (Fsp3) is 0.200. The summed E-state index contributed by atoms with van der Waals surface area (Å²) < 4.78 is 5.33. The number of aryl methyl sites for hydroxylation is 1. The Morgan fingerprint density at radius 3 is 3.06 bits per heavy atom. The smallest absolute Gasteiger partial charge is 0.339 e. The number of imidazole rings is 1. The Hall–Kier alpha value is -1.69. The molecule has 2 heterocycles. The second-order valence-corrected chi connectivity index (χ2v) is 4.13. The highest BCUT2D eigenvalue weighted by Gasteiger charge is 2.13. The molecule has 0 aliphatic rings. The lowest BCUT2D eigenvalue weighted by atomic mass is 10.2. The number of aromatic carboxylic acids is 1. The van der Waals surface area contributed by atoms with Gasteiger partial charge in [-0.1, -0.05) is 11.8 Å². The van der Waals surface area contributed by atoms with E-state index in [9.17, 15) is 4.79 Å². The summed E-state index contributed by atoms with van der Waals surface area (Å²) >= 11 is 1.46. The van der Waals surface area contributed by atoms with Gasteiger partial charge in [0.15, 0.2) is 5.16 Å². The van der Waals surface area contributed by atoms with Gasteiger partial charge in [-0.3, -0.25) is 0 Å². The van der Waals surface area contributed by atoms with Crippen molar-refractivity contribution in [2.75, 3.05) is 0 Å². The molecular formula is C10H10N2O3S. The quantitative estimate of drug-likeness (QED) is 0.799. The molecule has 0 atom stereocenters. The van der Waals surface area contributed by atoms with Gasteiger partial charge in [-0.15, -0.1) is 0 Å². The summed E-state index contributed by atoms with van der Waals surface area (Å²) in [6.45, 7) is 1.64. The number of nitrogens with one attached hydrogen (secondary N) is 1. The third-order valence-electron chi connectivity index (χ3n) is 2.02. The lowest BCUT2D eigenvalue weighted by Crippen LogP contribution is -1.94. The highest BCUT2D eigenvalue weighted by atomic mass is 32.2. The van der Waals surface area contributed by atoms with Gasteiger partial charge in [0, 0.05) is 12.4 Å². The van der Waals surface area contributed by atoms with Crippen molar-refractivity contribution in [3.63, 3.8) is 0 Å². The van der Waals surface area contributed by atoms with Gasteiger partial charge in [-0.2, -0.15) is 0 Å². The lowest BCUT2D eigenvalue weighted by Gasteiger charge is -1.93. The second-order valence-electron chi connectivity index (χ2n) is 3.17. The van der Waals surface area contributed by atoms with E-state index < -0.39 is 5.97 Å². The highest BCUT2D eigenvalue weighted by molar-refractivity contribution is 7.98. The van der Waals surface area contributed by atoms with Crippen molar-refractivity contribution in [3.05, 3.63) is 35.5 Å². The molecule has 6 heteroatoms. The molecule has 0 aromatic carbocycles. The number of carbonyl (C=O) groups is 1. The Labute approximate surface area is 95.9 Å². The molecule has 2 aromatic heterocycles. The van der Waals surface area contributed by atoms with Gasteiger partial charge in [0.1, 0.15) is 17.1 Å². The van der Waals surface area contributed by atoms with E-state index in [0.717, 1.165) is 5.16 Å². The van der Waals surface area contributed by atoms with Gasteiger partial charge in [0.2, 0.25) is 0 Å². The summed E-state index contributed by atoms with van der Waals surface area (Å²) in [4.78, 5) is 17.8. The van der Waals surface area contributed by atoms with Crippen molar-refractivity contribution in [2.24, 2.45) is 0 Å². The lowest BCUT2D eigenvalue weighted by molar-refractivity contribution is 0.0695. The third kappa shape index (κ3) is 2.27. The summed E-state index contributed by atoms with van der Waals surface area (Å²) in [5, 5.41) is 9.63. The number of aromatic amines is 1. The van der Waals surface area contributed by atoms with Crippen LogP contribution in [0.25, 0.3) is 0 Å². The van der Waals surface area contributed by atoms with E-state index in [1.165, 1.54) is 11.8 Å². The van der Waals surface area contributed by atoms with E-state index in [-0.39, 0.29) is 5.56 Å². The van der Waals surface area contributed by atoms with Gasteiger partial charge in [0.25, 0.3) is 0 Å². The van der Waals surface area contributed by atoms with Gasteiger partial charge >= 0.3 is 5.97 Å². The van der Waals surface area contributed by atoms with Gasteiger partial charge in [-0.05, 0) is 13.0 Å². The fourth-order valence-electron chi connectivity index (χ4n) is 1.30. The van der Waals surface area contributed by atoms with Crippen molar-refractivity contribution < 1.29 is 14.3 Å². The average molecular weight is 238 g/mol. The van der Waals surface area contributed by atoms with E-state index in [2.05, 4.69) is 9.97 Å². The van der Waals surface area contributed by atoms with Crippen LogP contribution < -0.4 is 0 Å². The zero-order valence-corrected chi connectivity index (χ0v) is 9.37. The van der Waals surface area contributed by atoms with E-state index in [4.69, 9.17) is 9.52 Å². The number of hydrogen-bond acceptors (Lipinski definition) is 4. The number of rotatable bonds is 4. The zero-order chi connectivity index (χ0) is 11.5. The minimum Gasteiger partial charge on any atom is -0.478 e. The normalized spacial score (nSPS) is 10.6. The van der Waals surface area contributed by atoms with E-state index >= 15 is 0 Å². The molecule has 0 spiro atoms. The maximum Gasteiger partial charge on any atom is 0.339 e. The minimum absolute atomic E-state index is 0.218. The molecule has 0 saturated heterocycles. The predicted octanol–water partition coefficient (Wildman–Crippen LogP) is 2.30. The van der Waals surface area contributed by atoms with Crippen molar-refractivity contribution >= 4 is 17.7 Å². The second kappa shape index (κ2) is 4.44. The first-order chi connectivity index (χ1) is 7.66. The van der Waals surface area contributed by atoms with Gasteiger partial charge in [0.05, 0.1) is 5.75 Å². The Morgan fingerprint density at radius 1 is 1.69 bits per heavy atom. The Kier molecular flexibility index (Phi) is 3.00. The van der Waals surface area contributed by atoms with Crippen LogP contribution in [0.4, 0.5) is 0 Å². The van der Waals surface area contributed by atoms with Crippen LogP contribution in [-0.2, 0) is 5.75 Å². The minimum atomic E-state index is -0.963. The molecule has 0 unspecified atom stereocenters. The maximum absolute atomic E-state index is 10.8. The van der Waals surface area contributed by atoms with E-state index in [1.54, 1.807) is 25.4 Å². The number of nitrogens with zero attached hydrogens (tertiary/aromatic N) is 1. The summed E-state index contributed by atoms with van der Waals surface area (Å²) in [6.07, 6.45) is 3.40. The maximum atomic E-state index is 10.8. The molecule has 16 heavy (non-hydrogen) atoms. The van der Waals surface area contributed by atoms with Crippen molar-refractivity contribution in [3.8, 4) is 0 Å². The topological polar surface area (TPSA) is 79.1 Å². The number of aromatic nitrogens is 2. The Balaban J connectivity index is 2.05. The van der Waals surface area contributed by atoms with Crippen molar-refractivity contribution in [1.82, 2.24) is 9.97 Å².